The molecule has 4 rings (SSSR count). The van der Waals surface area contributed by atoms with Crippen LogP contribution in [0.3, 0.4) is 0 Å². The van der Waals surface area contributed by atoms with Crippen molar-refractivity contribution < 1.29 is 4.79 Å². The van der Waals surface area contributed by atoms with Crippen LogP contribution in [0.15, 0.2) is 60.8 Å². The number of hydrogen-bond donors (Lipinski definition) is 1. The summed E-state index contributed by atoms with van der Waals surface area (Å²) in [5, 5.41) is 1.14. The van der Waals surface area contributed by atoms with Gasteiger partial charge in [-0.15, -0.1) is 0 Å². The van der Waals surface area contributed by atoms with E-state index in [1.54, 1.807) is 6.92 Å². The third-order valence-electron chi connectivity index (χ3n) is 5.97. The monoisotopic (exact) mass is 405 g/mol. The summed E-state index contributed by atoms with van der Waals surface area (Å²) < 4.78 is 0. The van der Waals surface area contributed by atoms with E-state index in [1.165, 1.54) is 31.2 Å². The van der Waals surface area contributed by atoms with Gasteiger partial charge in [-0.3, -0.25) is 4.79 Å². The van der Waals surface area contributed by atoms with Gasteiger partial charge in [-0.2, -0.15) is 0 Å². The van der Waals surface area contributed by atoms with Gasteiger partial charge in [0.15, 0.2) is 5.78 Å². The maximum atomic E-state index is 11.0. The van der Waals surface area contributed by atoms with E-state index >= 15 is 0 Å². The number of rotatable bonds is 2. The average molecular weight is 406 g/mol. The van der Waals surface area contributed by atoms with Crippen molar-refractivity contribution in [1.82, 2.24) is 4.98 Å². The summed E-state index contributed by atoms with van der Waals surface area (Å²) in [6.07, 6.45) is 8.86. The van der Waals surface area contributed by atoms with Gasteiger partial charge in [-0.05, 0) is 67.0 Å². The van der Waals surface area contributed by atoms with E-state index in [-0.39, 0.29) is 5.78 Å². The summed E-state index contributed by atoms with van der Waals surface area (Å²) in [6, 6.07) is 18.1. The highest BCUT2D eigenvalue weighted by atomic mass is 16.1. The molecule has 1 aromatic heterocycles. The molecule has 2 nitrogen and oxygen atoms in total. The van der Waals surface area contributed by atoms with E-state index in [0.717, 1.165) is 40.6 Å². The minimum Gasteiger partial charge on any atom is -0.361 e. The summed E-state index contributed by atoms with van der Waals surface area (Å²) in [5.41, 5.74) is 3.18. The van der Waals surface area contributed by atoms with Crippen molar-refractivity contribution in [3.8, 4) is 0 Å². The molecule has 162 valence electrons. The van der Waals surface area contributed by atoms with Crippen LogP contribution in [0.2, 0.25) is 0 Å². The third kappa shape index (κ3) is 8.18. The molecule has 1 saturated carbocycles. The Balaban J connectivity index is 0.000000164. The number of carbonyl (C=O) groups excluding carboxylic acids is 1. The zero-order valence-electron chi connectivity index (χ0n) is 19.4. The van der Waals surface area contributed by atoms with Crippen LogP contribution < -0.4 is 0 Å². The normalized spacial score (nSPS) is 20.9. The van der Waals surface area contributed by atoms with Gasteiger partial charge in [0.2, 0.25) is 0 Å². The minimum absolute atomic E-state index is 0.103. The number of fused-ring (bicyclic) bond motifs is 1. The number of H-pyrrole nitrogens is 1. The Morgan fingerprint density at radius 3 is 2.07 bits per heavy atom. The Morgan fingerprint density at radius 2 is 1.53 bits per heavy atom. The SMILES string of the molecule is CC(=O)c1ccc2cc[nH]c2c1.CC1C[C@H](C)CC[C@H](C)C1.CCc1ccccc1. The van der Waals surface area contributed by atoms with Crippen molar-refractivity contribution in [1.29, 1.82) is 0 Å². The van der Waals surface area contributed by atoms with Crippen molar-refractivity contribution in [2.24, 2.45) is 17.8 Å². The van der Waals surface area contributed by atoms with E-state index in [4.69, 9.17) is 0 Å². The zero-order valence-corrected chi connectivity index (χ0v) is 19.4. The number of aryl methyl sites for hydroxylation is 1. The Kier molecular flexibility index (Phi) is 9.86. The fourth-order valence-corrected chi connectivity index (χ4v) is 4.26. The van der Waals surface area contributed by atoms with Gasteiger partial charge in [0.25, 0.3) is 0 Å². The van der Waals surface area contributed by atoms with Crippen LogP contribution in [0.4, 0.5) is 0 Å². The lowest BCUT2D eigenvalue weighted by Gasteiger charge is -2.11. The maximum Gasteiger partial charge on any atom is 0.159 e. The van der Waals surface area contributed by atoms with Gasteiger partial charge >= 0.3 is 0 Å². The van der Waals surface area contributed by atoms with Crippen molar-refractivity contribution in [3.63, 3.8) is 0 Å². The lowest BCUT2D eigenvalue weighted by molar-refractivity contribution is 0.101. The maximum absolute atomic E-state index is 11.0. The number of carbonyl (C=O) groups is 1. The number of benzene rings is 2. The number of nitrogens with one attached hydrogen (secondary N) is 1. The molecule has 1 unspecified atom stereocenters. The van der Waals surface area contributed by atoms with E-state index < -0.39 is 0 Å². The Morgan fingerprint density at radius 1 is 0.900 bits per heavy atom. The van der Waals surface area contributed by atoms with Crippen LogP contribution in [-0.2, 0) is 6.42 Å². The molecular formula is C28H39NO. The first kappa shape index (κ1) is 23.9. The highest BCUT2D eigenvalue weighted by Gasteiger charge is 2.17. The van der Waals surface area contributed by atoms with Crippen LogP contribution in [0.5, 0.6) is 0 Å². The number of hydrogen-bond acceptors (Lipinski definition) is 1. The summed E-state index contributed by atoms with van der Waals surface area (Å²) in [7, 11) is 0. The largest absolute Gasteiger partial charge is 0.361 e. The van der Waals surface area contributed by atoms with Crippen molar-refractivity contribution in [2.75, 3.05) is 0 Å². The molecule has 1 N–H and O–H groups in total. The molecule has 2 aromatic carbocycles. The van der Waals surface area contributed by atoms with Crippen LogP contribution in [0.1, 0.15) is 76.2 Å². The van der Waals surface area contributed by atoms with E-state index in [1.807, 2.05) is 36.5 Å². The second-order valence-corrected chi connectivity index (χ2v) is 9.04. The number of aromatic nitrogens is 1. The molecule has 0 spiro atoms. The summed E-state index contributed by atoms with van der Waals surface area (Å²) >= 11 is 0. The zero-order chi connectivity index (χ0) is 21.9. The van der Waals surface area contributed by atoms with Gasteiger partial charge in [0, 0.05) is 17.3 Å². The highest BCUT2D eigenvalue weighted by molar-refractivity contribution is 5.97. The fourth-order valence-electron chi connectivity index (χ4n) is 4.26. The summed E-state index contributed by atoms with van der Waals surface area (Å²) in [4.78, 5) is 14.1. The van der Waals surface area contributed by atoms with Crippen molar-refractivity contribution >= 4 is 16.7 Å². The number of aromatic amines is 1. The standard InChI is InChI=1S/C10H9NO.C10H20.C8H10/c1-7(12)9-3-2-8-4-5-11-10(8)6-9;1-8-4-5-9(2)7-10(3)6-8;1-2-8-6-4-3-5-7-8/h2-6,11H,1H3;8-10H,4-7H2,1-3H3;3-7H,2H2,1H3/t;8-,9+,10?;. The van der Waals surface area contributed by atoms with Crippen molar-refractivity contribution in [2.45, 2.75) is 66.7 Å². The lowest BCUT2D eigenvalue weighted by atomic mass is 9.95. The molecule has 0 amide bonds. The van der Waals surface area contributed by atoms with E-state index in [9.17, 15) is 4.79 Å². The van der Waals surface area contributed by atoms with Crippen LogP contribution >= 0.6 is 0 Å². The van der Waals surface area contributed by atoms with Crippen LogP contribution in [-0.4, -0.2) is 10.8 Å². The molecular weight excluding hydrogens is 366 g/mol. The molecule has 0 bridgehead atoms. The second-order valence-electron chi connectivity index (χ2n) is 9.04. The van der Waals surface area contributed by atoms with E-state index in [0.29, 0.717) is 0 Å². The first-order valence-corrected chi connectivity index (χ1v) is 11.5. The molecule has 1 heterocycles. The Hall–Kier alpha value is -2.35. The molecule has 30 heavy (non-hydrogen) atoms. The first-order valence-electron chi connectivity index (χ1n) is 11.5. The summed E-state index contributed by atoms with van der Waals surface area (Å²) in [6.45, 7) is 10.9. The molecule has 2 heteroatoms. The molecule has 1 aliphatic rings. The fraction of sp³-hybridized carbons (Fsp3) is 0.464. The Labute approximate surface area is 183 Å². The second kappa shape index (κ2) is 12.4. The van der Waals surface area contributed by atoms with E-state index in [2.05, 4.69) is 56.9 Å². The number of ketones is 1. The molecule has 1 fully saturated rings. The highest BCUT2D eigenvalue weighted by Crippen LogP contribution is 2.30. The molecule has 0 aliphatic heterocycles. The summed E-state index contributed by atoms with van der Waals surface area (Å²) in [5.74, 6) is 3.05. The average Bonchev–Trinajstić information content (AvgIpc) is 3.15. The van der Waals surface area contributed by atoms with Gasteiger partial charge in [0.1, 0.15) is 0 Å². The predicted octanol–water partition coefficient (Wildman–Crippen LogP) is 8.09. The van der Waals surface area contributed by atoms with Crippen molar-refractivity contribution in [3.05, 3.63) is 71.9 Å². The lowest BCUT2D eigenvalue weighted by Crippen LogP contribution is -1.99. The minimum atomic E-state index is 0.103. The van der Waals surface area contributed by atoms with Gasteiger partial charge in [0.05, 0.1) is 0 Å². The smallest absolute Gasteiger partial charge is 0.159 e. The molecule has 3 aromatic rings. The van der Waals surface area contributed by atoms with Gasteiger partial charge in [-0.25, -0.2) is 0 Å². The topological polar surface area (TPSA) is 32.9 Å². The van der Waals surface area contributed by atoms with Gasteiger partial charge < -0.3 is 4.98 Å². The molecule has 0 radical (unpaired) electrons. The van der Waals surface area contributed by atoms with Crippen LogP contribution in [0.25, 0.3) is 10.9 Å². The third-order valence-corrected chi connectivity index (χ3v) is 5.97. The van der Waals surface area contributed by atoms with Crippen LogP contribution in [0, 0.1) is 17.8 Å². The quantitative estimate of drug-likeness (QED) is 0.339. The predicted molar refractivity (Wildman–Crippen MR) is 130 cm³/mol. The first-order chi connectivity index (χ1) is 14.4. The molecule has 0 saturated heterocycles. The Bertz CT molecular complexity index is 868. The molecule has 1 aliphatic carbocycles. The number of Topliss-reactive ketones (excluding diaryl/α,β-unsaturated/α-hetero) is 1. The van der Waals surface area contributed by atoms with Gasteiger partial charge in [-0.1, -0.05) is 83.0 Å². The molecule has 3 atom stereocenters.